The SMILES string of the molecule is N#Cc1cccc(Sc2nnc(N3CCCC3)s2)n1. The smallest absolute Gasteiger partial charge is 0.209 e. The van der Waals surface area contributed by atoms with Crippen LogP contribution in [0.5, 0.6) is 0 Å². The third-order valence-electron chi connectivity index (χ3n) is 2.80. The van der Waals surface area contributed by atoms with Crippen molar-refractivity contribution in [3.05, 3.63) is 23.9 Å². The van der Waals surface area contributed by atoms with E-state index in [1.165, 1.54) is 24.6 Å². The molecule has 0 aromatic carbocycles. The van der Waals surface area contributed by atoms with E-state index < -0.39 is 0 Å². The Kier molecular flexibility index (Phi) is 3.62. The number of hydrogen-bond acceptors (Lipinski definition) is 7. The number of pyridine rings is 1. The van der Waals surface area contributed by atoms with Gasteiger partial charge in [-0.05, 0) is 36.7 Å². The van der Waals surface area contributed by atoms with Crippen LogP contribution in [0.4, 0.5) is 5.13 Å². The molecule has 1 aliphatic rings. The maximum absolute atomic E-state index is 8.82. The van der Waals surface area contributed by atoms with E-state index in [0.29, 0.717) is 5.69 Å². The molecule has 1 aliphatic heterocycles. The van der Waals surface area contributed by atoms with E-state index in [4.69, 9.17) is 5.26 Å². The monoisotopic (exact) mass is 289 g/mol. The van der Waals surface area contributed by atoms with E-state index in [1.807, 2.05) is 18.2 Å². The number of nitrogens with zero attached hydrogens (tertiary/aromatic N) is 5. The van der Waals surface area contributed by atoms with Crippen LogP contribution >= 0.6 is 23.1 Å². The van der Waals surface area contributed by atoms with Crippen LogP contribution in [0.1, 0.15) is 18.5 Å². The van der Waals surface area contributed by atoms with Crippen LogP contribution in [0.3, 0.4) is 0 Å². The fourth-order valence-electron chi connectivity index (χ4n) is 1.90. The van der Waals surface area contributed by atoms with Gasteiger partial charge in [-0.15, -0.1) is 10.2 Å². The van der Waals surface area contributed by atoms with Gasteiger partial charge in [0.1, 0.15) is 16.8 Å². The summed E-state index contributed by atoms with van der Waals surface area (Å²) in [7, 11) is 0. The Balaban J connectivity index is 1.74. The highest BCUT2D eigenvalue weighted by molar-refractivity contribution is 8.01. The minimum Gasteiger partial charge on any atom is -0.347 e. The highest BCUT2D eigenvalue weighted by atomic mass is 32.2. The van der Waals surface area contributed by atoms with Gasteiger partial charge in [-0.25, -0.2) is 4.98 Å². The minimum atomic E-state index is 0.425. The van der Waals surface area contributed by atoms with Crippen LogP contribution in [-0.2, 0) is 0 Å². The summed E-state index contributed by atoms with van der Waals surface area (Å²) in [5, 5.41) is 19.0. The predicted octanol–water partition coefficient (Wildman–Crippen LogP) is 2.56. The van der Waals surface area contributed by atoms with Crippen LogP contribution in [-0.4, -0.2) is 28.3 Å². The third-order valence-corrected chi connectivity index (χ3v) is 4.77. The molecule has 0 amide bonds. The first-order chi connectivity index (χ1) is 9.35. The molecule has 1 fully saturated rings. The molecule has 0 spiro atoms. The summed E-state index contributed by atoms with van der Waals surface area (Å²) >= 11 is 3.03. The zero-order chi connectivity index (χ0) is 13.1. The number of nitriles is 1. The largest absolute Gasteiger partial charge is 0.347 e. The predicted molar refractivity (Wildman–Crippen MR) is 74.4 cm³/mol. The van der Waals surface area contributed by atoms with Gasteiger partial charge in [0.25, 0.3) is 0 Å². The highest BCUT2D eigenvalue weighted by Gasteiger charge is 2.17. The normalized spacial score (nSPS) is 14.6. The summed E-state index contributed by atoms with van der Waals surface area (Å²) in [5.41, 5.74) is 0.425. The molecule has 2 aromatic heterocycles. The quantitative estimate of drug-likeness (QED) is 0.865. The van der Waals surface area contributed by atoms with Gasteiger partial charge in [0.15, 0.2) is 4.34 Å². The molecular formula is C12H11N5S2. The van der Waals surface area contributed by atoms with Gasteiger partial charge in [-0.1, -0.05) is 17.4 Å². The van der Waals surface area contributed by atoms with E-state index in [-0.39, 0.29) is 0 Å². The average molecular weight is 289 g/mol. The van der Waals surface area contributed by atoms with Gasteiger partial charge in [-0.2, -0.15) is 5.26 Å². The van der Waals surface area contributed by atoms with Crippen LogP contribution in [0.25, 0.3) is 0 Å². The Bertz CT molecular complexity index is 613. The first kappa shape index (κ1) is 12.4. The lowest BCUT2D eigenvalue weighted by atomic mass is 10.4. The van der Waals surface area contributed by atoms with E-state index >= 15 is 0 Å². The van der Waals surface area contributed by atoms with E-state index in [2.05, 4.69) is 20.1 Å². The molecule has 0 N–H and O–H groups in total. The molecule has 96 valence electrons. The standard InChI is InChI=1S/C12H11N5S2/c13-8-9-4-3-5-10(14-9)18-12-16-15-11(19-12)17-6-1-2-7-17/h3-5H,1-2,6-7H2. The molecule has 0 radical (unpaired) electrons. The first-order valence-corrected chi connectivity index (χ1v) is 7.62. The Labute approximate surface area is 119 Å². The summed E-state index contributed by atoms with van der Waals surface area (Å²) < 4.78 is 0.865. The molecule has 5 nitrogen and oxygen atoms in total. The number of anilines is 1. The lowest BCUT2D eigenvalue weighted by Gasteiger charge is -2.10. The fourth-order valence-corrected chi connectivity index (χ4v) is 3.73. The van der Waals surface area contributed by atoms with Gasteiger partial charge < -0.3 is 4.90 Å². The van der Waals surface area contributed by atoms with E-state index in [1.54, 1.807) is 17.4 Å². The van der Waals surface area contributed by atoms with E-state index in [9.17, 15) is 0 Å². The average Bonchev–Trinajstić information content (AvgIpc) is 3.09. The van der Waals surface area contributed by atoms with Crippen molar-refractivity contribution in [1.29, 1.82) is 5.26 Å². The molecule has 7 heteroatoms. The molecule has 3 rings (SSSR count). The van der Waals surface area contributed by atoms with Crippen LogP contribution in [0.2, 0.25) is 0 Å². The van der Waals surface area contributed by atoms with Crippen molar-refractivity contribution in [3.8, 4) is 6.07 Å². The van der Waals surface area contributed by atoms with Crippen molar-refractivity contribution in [3.63, 3.8) is 0 Å². The summed E-state index contributed by atoms with van der Waals surface area (Å²) in [6, 6.07) is 7.44. The fraction of sp³-hybridized carbons (Fsp3) is 0.333. The Morgan fingerprint density at radius 3 is 2.89 bits per heavy atom. The topological polar surface area (TPSA) is 65.7 Å². The molecule has 0 atom stereocenters. The second-order valence-corrected chi connectivity index (χ2v) is 6.34. The molecule has 19 heavy (non-hydrogen) atoms. The Morgan fingerprint density at radius 2 is 2.11 bits per heavy atom. The van der Waals surface area contributed by atoms with Crippen molar-refractivity contribution < 1.29 is 0 Å². The van der Waals surface area contributed by atoms with Crippen molar-refractivity contribution in [2.75, 3.05) is 18.0 Å². The molecule has 3 heterocycles. The second-order valence-electron chi connectivity index (χ2n) is 4.12. The summed E-state index contributed by atoms with van der Waals surface area (Å²) in [5.74, 6) is 0. The molecular weight excluding hydrogens is 278 g/mol. The van der Waals surface area contributed by atoms with Gasteiger partial charge in [0.05, 0.1) is 0 Å². The molecule has 0 saturated carbocycles. The highest BCUT2D eigenvalue weighted by Crippen LogP contribution is 2.33. The lowest BCUT2D eigenvalue weighted by molar-refractivity contribution is 0.912. The minimum absolute atomic E-state index is 0.425. The van der Waals surface area contributed by atoms with Crippen molar-refractivity contribution in [2.24, 2.45) is 0 Å². The molecule has 1 saturated heterocycles. The van der Waals surface area contributed by atoms with Crippen LogP contribution in [0, 0.1) is 11.3 Å². The number of hydrogen-bond donors (Lipinski definition) is 0. The summed E-state index contributed by atoms with van der Waals surface area (Å²) in [4.78, 5) is 6.49. The maximum atomic E-state index is 8.82. The van der Waals surface area contributed by atoms with Crippen molar-refractivity contribution in [2.45, 2.75) is 22.2 Å². The maximum Gasteiger partial charge on any atom is 0.209 e. The van der Waals surface area contributed by atoms with Gasteiger partial charge in [0, 0.05) is 13.1 Å². The van der Waals surface area contributed by atoms with Gasteiger partial charge >= 0.3 is 0 Å². The number of rotatable bonds is 3. The van der Waals surface area contributed by atoms with E-state index in [0.717, 1.165) is 27.6 Å². The molecule has 0 unspecified atom stereocenters. The molecule has 2 aromatic rings. The van der Waals surface area contributed by atoms with Crippen molar-refractivity contribution >= 4 is 28.2 Å². The zero-order valence-corrected chi connectivity index (χ0v) is 11.7. The Morgan fingerprint density at radius 1 is 1.26 bits per heavy atom. The van der Waals surface area contributed by atoms with Crippen LogP contribution < -0.4 is 4.90 Å². The lowest BCUT2D eigenvalue weighted by Crippen LogP contribution is -2.17. The van der Waals surface area contributed by atoms with Crippen molar-refractivity contribution in [1.82, 2.24) is 15.2 Å². The summed E-state index contributed by atoms with van der Waals surface area (Å²) in [6.45, 7) is 2.14. The third kappa shape index (κ3) is 2.85. The summed E-state index contributed by atoms with van der Waals surface area (Å²) in [6.07, 6.45) is 2.46. The second kappa shape index (κ2) is 5.55. The van der Waals surface area contributed by atoms with Gasteiger partial charge in [-0.3, -0.25) is 0 Å². The van der Waals surface area contributed by atoms with Crippen LogP contribution in [0.15, 0.2) is 27.6 Å². The molecule has 0 bridgehead atoms. The number of aromatic nitrogens is 3. The molecule has 0 aliphatic carbocycles. The first-order valence-electron chi connectivity index (χ1n) is 5.98. The Hall–Kier alpha value is -1.65. The zero-order valence-electron chi connectivity index (χ0n) is 10.1. The van der Waals surface area contributed by atoms with Gasteiger partial charge in [0.2, 0.25) is 5.13 Å².